The highest BCUT2D eigenvalue weighted by atomic mass is 13.7. The Hall–Kier alpha value is -1.04. The first-order valence-electron chi connectivity index (χ1n) is 3.71. The Morgan fingerprint density at radius 1 is 1.18 bits per heavy atom. The maximum atomic E-state index is 3.71. The monoisotopic (exact) mass is 150 g/mol. The van der Waals surface area contributed by atoms with Crippen molar-refractivity contribution < 1.29 is 0 Å². The summed E-state index contributed by atoms with van der Waals surface area (Å²) in [6.45, 7) is 12.9. The highest BCUT2D eigenvalue weighted by Crippen LogP contribution is 1.88. The van der Waals surface area contributed by atoms with E-state index in [2.05, 4.69) is 13.2 Å². The van der Waals surface area contributed by atoms with Crippen molar-refractivity contribution >= 4 is 0 Å². The number of hydrogen-bond acceptors (Lipinski definition) is 0. The van der Waals surface area contributed by atoms with Crippen molar-refractivity contribution in [2.24, 2.45) is 0 Å². The first-order valence-corrected chi connectivity index (χ1v) is 3.71. The van der Waals surface area contributed by atoms with E-state index in [0.29, 0.717) is 0 Å². The molecule has 0 aliphatic carbocycles. The van der Waals surface area contributed by atoms with Gasteiger partial charge in [-0.25, -0.2) is 0 Å². The molecule has 0 aromatic rings. The summed E-state index contributed by atoms with van der Waals surface area (Å²) in [7, 11) is 0. The fraction of sp³-hybridized carbons (Fsp3) is 0.273. The maximum Gasteiger partial charge on any atom is -0.0404 e. The summed E-state index contributed by atoms with van der Waals surface area (Å²) in [6.07, 6.45) is 9.66. The summed E-state index contributed by atoms with van der Waals surface area (Å²) in [5.41, 5.74) is 1.09. The summed E-state index contributed by atoms with van der Waals surface area (Å²) in [5.74, 6) is 0. The predicted molar refractivity (Wildman–Crippen MR) is 54.6 cm³/mol. The summed E-state index contributed by atoms with van der Waals surface area (Å²) in [5, 5.41) is 0. The van der Waals surface area contributed by atoms with Crippen LogP contribution in [-0.2, 0) is 0 Å². The second-order valence-electron chi connectivity index (χ2n) is 2.14. The number of hydrogen-bond donors (Lipinski definition) is 0. The molecule has 0 N–H and O–H groups in total. The van der Waals surface area contributed by atoms with Crippen LogP contribution >= 0.6 is 0 Å². The molecule has 0 atom stereocenters. The van der Waals surface area contributed by atoms with Crippen LogP contribution in [0.2, 0.25) is 0 Å². The van der Waals surface area contributed by atoms with E-state index in [-0.39, 0.29) is 0 Å². The van der Waals surface area contributed by atoms with Crippen LogP contribution in [0, 0.1) is 0 Å². The average Bonchev–Trinajstić information content (AvgIpc) is 1.89. The van der Waals surface area contributed by atoms with Crippen molar-refractivity contribution in [3.63, 3.8) is 0 Å². The third-order valence-electron chi connectivity index (χ3n) is 0.684. The fourth-order valence-corrected chi connectivity index (χ4v) is 0.331. The van der Waals surface area contributed by atoms with E-state index < -0.39 is 0 Å². The minimum atomic E-state index is 1.09. The Labute approximate surface area is 70.6 Å². The first-order chi connectivity index (χ1) is 5.18. The lowest BCUT2D eigenvalue weighted by Crippen LogP contribution is -1.56. The second-order valence-corrected chi connectivity index (χ2v) is 2.14. The van der Waals surface area contributed by atoms with Gasteiger partial charge in [-0.05, 0) is 20.8 Å². The quantitative estimate of drug-likeness (QED) is 0.414. The molecule has 0 aromatic heterocycles. The Morgan fingerprint density at radius 3 is 1.91 bits per heavy atom. The molecule has 0 radical (unpaired) electrons. The standard InChI is InChI=1S/C8H12.C3H6/c1-4-5-6-7-8(2)3;1-3-2/h4-7H,2H2,1,3H3;3H,1H2,2H3/b5-4-,7-6-;. The van der Waals surface area contributed by atoms with Crippen molar-refractivity contribution in [2.45, 2.75) is 20.8 Å². The molecular formula is C11H18. The van der Waals surface area contributed by atoms with Gasteiger partial charge in [0.25, 0.3) is 0 Å². The van der Waals surface area contributed by atoms with E-state index in [1.54, 1.807) is 6.08 Å². The van der Waals surface area contributed by atoms with E-state index in [1.165, 1.54) is 0 Å². The lowest BCUT2D eigenvalue weighted by atomic mass is 10.3. The van der Waals surface area contributed by atoms with Crippen molar-refractivity contribution in [2.75, 3.05) is 0 Å². The Kier molecular flexibility index (Phi) is 13.4. The van der Waals surface area contributed by atoms with Gasteiger partial charge in [-0.15, -0.1) is 6.58 Å². The third-order valence-corrected chi connectivity index (χ3v) is 0.684. The topological polar surface area (TPSA) is 0 Å². The molecule has 0 aliphatic rings. The van der Waals surface area contributed by atoms with Gasteiger partial charge in [-0.3, -0.25) is 0 Å². The fourth-order valence-electron chi connectivity index (χ4n) is 0.331. The van der Waals surface area contributed by atoms with Crippen molar-refractivity contribution in [3.8, 4) is 0 Å². The smallest absolute Gasteiger partial charge is 0.0404 e. The zero-order valence-corrected chi connectivity index (χ0v) is 7.80. The van der Waals surface area contributed by atoms with E-state index >= 15 is 0 Å². The molecule has 62 valence electrons. The average molecular weight is 150 g/mol. The van der Waals surface area contributed by atoms with Crippen LogP contribution < -0.4 is 0 Å². The van der Waals surface area contributed by atoms with Crippen LogP contribution in [-0.4, -0.2) is 0 Å². The molecule has 0 rings (SSSR count). The number of allylic oxidation sites excluding steroid dienone is 6. The van der Waals surface area contributed by atoms with Crippen LogP contribution in [0.3, 0.4) is 0 Å². The van der Waals surface area contributed by atoms with E-state index in [9.17, 15) is 0 Å². The Morgan fingerprint density at radius 2 is 1.64 bits per heavy atom. The molecule has 0 spiro atoms. The minimum absolute atomic E-state index is 1.09. The third kappa shape index (κ3) is 27.7. The van der Waals surface area contributed by atoms with Crippen molar-refractivity contribution in [1.29, 1.82) is 0 Å². The molecule has 0 unspecified atom stereocenters. The molecule has 0 bridgehead atoms. The molecule has 0 nitrogen and oxygen atoms in total. The van der Waals surface area contributed by atoms with E-state index in [4.69, 9.17) is 0 Å². The van der Waals surface area contributed by atoms with Gasteiger partial charge in [-0.2, -0.15) is 0 Å². The minimum Gasteiger partial charge on any atom is -0.103 e. The van der Waals surface area contributed by atoms with Gasteiger partial charge in [0.1, 0.15) is 0 Å². The molecule has 11 heavy (non-hydrogen) atoms. The Bertz CT molecular complexity index is 147. The van der Waals surface area contributed by atoms with Gasteiger partial charge in [0.15, 0.2) is 0 Å². The highest BCUT2D eigenvalue weighted by Gasteiger charge is 1.66. The molecule has 0 aromatic carbocycles. The highest BCUT2D eigenvalue weighted by molar-refractivity contribution is 5.16. The van der Waals surface area contributed by atoms with Gasteiger partial charge in [0.05, 0.1) is 0 Å². The van der Waals surface area contributed by atoms with Crippen LogP contribution in [0.15, 0.2) is 49.1 Å². The van der Waals surface area contributed by atoms with Gasteiger partial charge >= 0.3 is 0 Å². The van der Waals surface area contributed by atoms with Crippen LogP contribution in [0.5, 0.6) is 0 Å². The molecule has 0 saturated carbocycles. The summed E-state index contributed by atoms with van der Waals surface area (Å²) < 4.78 is 0. The van der Waals surface area contributed by atoms with E-state index in [0.717, 1.165) is 5.57 Å². The lowest BCUT2D eigenvalue weighted by Gasteiger charge is -1.78. The maximum absolute atomic E-state index is 3.71. The second kappa shape index (κ2) is 11.7. The van der Waals surface area contributed by atoms with Gasteiger partial charge in [-0.1, -0.05) is 42.5 Å². The Balaban J connectivity index is 0. The zero-order valence-electron chi connectivity index (χ0n) is 7.80. The molecule has 0 heterocycles. The summed E-state index contributed by atoms with van der Waals surface area (Å²) >= 11 is 0. The van der Waals surface area contributed by atoms with Gasteiger partial charge in [0.2, 0.25) is 0 Å². The van der Waals surface area contributed by atoms with Gasteiger partial charge in [0, 0.05) is 0 Å². The van der Waals surface area contributed by atoms with Crippen LogP contribution in [0.4, 0.5) is 0 Å². The first kappa shape index (κ1) is 12.6. The molecular weight excluding hydrogens is 132 g/mol. The van der Waals surface area contributed by atoms with Crippen molar-refractivity contribution in [3.05, 3.63) is 49.1 Å². The van der Waals surface area contributed by atoms with Crippen LogP contribution in [0.1, 0.15) is 20.8 Å². The number of rotatable bonds is 2. The molecule has 0 aliphatic heterocycles. The van der Waals surface area contributed by atoms with Crippen LogP contribution in [0.25, 0.3) is 0 Å². The van der Waals surface area contributed by atoms with Crippen molar-refractivity contribution in [1.82, 2.24) is 0 Å². The van der Waals surface area contributed by atoms with Gasteiger partial charge < -0.3 is 0 Å². The normalized spacial score (nSPS) is 9.36. The summed E-state index contributed by atoms with van der Waals surface area (Å²) in [4.78, 5) is 0. The molecule has 0 saturated heterocycles. The van der Waals surface area contributed by atoms with E-state index in [1.807, 2.05) is 45.1 Å². The predicted octanol–water partition coefficient (Wildman–Crippen LogP) is 3.89. The lowest BCUT2D eigenvalue weighted by molar-refractivity contribution is 1.56. The molecule has 0 fully saturated rings. The zero-order chi connectivity index (χ0) is 9.11. The molecule has 0 amide bonds. The SMILES string of the molecule is C=C(C)/C=C\C=C/C.C=CC. The summed E-state index contributed by atoms with van der Waals surface area (Å²) in [6, 6.07) is 0. The largest absolute Gasteiger partial charge is 0.103 e. The molecule has 0 heteroatoms.